The second kappa shape index (κ2) is 10.6. The van der Waals surface area contributed by atoms with Crippen LogP contribution in [-0.4, -0.2) is 36.1 Å². The fourth-order valence-electron chi connectivity index (χ4n) is 4.57. The van der Waals surface area contributed by atoms with E-state index in [4.69, 9.17) is 0 Å². The first-order chi connectivity index (χ1) is 18.6. The zero-order valence-corrected chi connectivity index (χ0v) is 20.7. The highest BCUT2D eigenvalue weighted by Crippen LogP contribution is 2.32. The van der Waals surface area contributed by atoms with Gasteiger partial charge in [-0.05, 0) is 66.1 Å². The van der Waals surface area contributed by atoms with Crippen LogP contribution in [0.5, 0.6) is 0 Å². The van der Waals surface area contributed by atoms with Gasteiger partial charge in [0.2, 0.25) is 0 Å². The molecule has 4 nitrogen and oxygen atoms in total. The van der Waals surface area contributed by atoms with Crippen molar-refractivity contribution in [1.29, 1.82) is 0 Å². The SMILES string of the molecule is FC(F)(F)c1ccc(-c2ccc(N3CCCN(c4ccc(-c5ccc(C(F)(F)F)cc5)cn4)CC3)nc2)cc1. The topological polar surface area (TPSA) is 32.3 Å². The van der Waals surface area contributed by atoms with Gasteiger partial charge in [0.05, 0.1) is 11.1 Å². The summed E-state index contributed by atoms with van der Waals surface area (Å²) in [6.45, 7) is 2.98. The van der Waals surface area contributed by atoms with Gasteiger partial charge in [0.15, 0.2) is 0 Å². The van der Waals surface area contributed by atoms with Gasteiger partial charge in [-0.25, -0.2) is 9.97 Å². The molecule has 1 saturated heterocycles. The quantitative estimate of drug-likeness (QED) is 0.249. The molecule has 0 unspecified atom stereocenters. The van der Waals surface area contributed by atoms with Crippen LogP contribution in [0.15, 0.2) is 85.2 Å². The van der Waals surface area contributed by atoms with Crippen molar-refractivity contribution in [3.8, 4) is 22.3 Å². The number of aromatic nitrogens is 2. The van der Waals surface area contributed by atoms with E-state index < -0.39 is 23.5 Å². The summed E-state index contributed by atoms with van der Waals surface area (Å²) in [7, 11) is 0. The number of nitrogens with zero attached hydrogens (tertiary/aromatic N) is 4. The Bertz CT molecular complexity index is 1270. The van der Waals surface area contributed by atoms with E-state index in [0.29, 0.717) is 24.2 Å². The maximum absolute atomic E-state index is 12.8. The minimum Gasteiger partial charge on any atom is -0.355 e. The number of benzene rings is 2. The molecular weight excluding hydrogens is 518 g/mol. The molecule has 0 spiro atoms. The molecule has 0 N–H and O–H groups in total. The summed E-state index contributed by atoms with van der Waals surface area (Å²) in [6.07, 6.45) is -4.54. The summed E-state index contributed by atoms with van der Waals surface area (Å²) < 4.78 is 77.0. The average molecular weight is 543 g/mol. The fourth-order valence-corrected chi connectivity index (χ4v) is 4.57. The third-order valence-electron chi connectivity index (χ3n) is 6.73. The van der Waals surface area contributed by atoms with E-state index in [1.807, 2.05) is 24.3 Å². The fraction of sp³-hybridized carbons (Fsp3) is 0.241. The van der Waals surface area contributed by atoms with E-state index in [1.54, 1.807) is 12.4 Å². The van der Waals surface area contributed by atoms with Gasteiger partial charge in [-0.1, -0.05) is 24.3 Å². The largest absolute Gasteiger partial charge is 0.416 e. The Hall–Kier alpha value is -4.08. The average Bonchev–Trinajstić information content (AvgIpc) is 3.19. The molecule has 39 heavy (non-hydrogen) atoms. The third-order valence-corrected chi connectivity index (χ3v) is 6.73. The van der Waals surface area contributed by atoms with Crippen LogP contribution < -0.4 is 9.80 Å². The van der Waals surface area contributed by atoms with Gasteiger partial charge in [-0.2, -0.15) is 26.3 Å². The molecule has 0 saturated carbocycles. The highest BCUT2D eigenvalue weighted by Gasteiger charge is 2.30. The van der Waals surface area contributed by atoms with Crippen LogP contribution in [0.2, 0.25) is 0 Å². The molecule has 2 aromatic carbocycles. The Morgan fingerprint density at radius 3 is 1.13 bits per heavy atom. The number of hydrogen-bond donors (Lipinski definition) is 0. The summed E-state index contributed by atoms with van der Waals surface area (Å²) in [5.41, 5.74) is 1.43. The van der Waals surface area contributed by atoms with Gasteiger partial charge in [-0.3, -0.25) is 0 Å². The van der Waals surface area contributed by atoms with Gasteiger partial charge in [0, 0.05) is 49.7 Å². The molecule has 1 fully saturated rings. The van der Waals surface area contributed by atoms with Crippen LogP contribution >= 0.6 is 0 Å². The van der Waals surface area contributed by atoms with Crippen molar-refractivity contribution < 1.29 is 26.3 Å². The number of hydrogen-bond acceptors (Lipinski definition) is 4. The van der Waals surface area contributed by atoms with Crippen LogP contribution in [0.1, 0.15) is 17.5 Å². The predicted molar refractivity (Wildman–Crippen MR) is 138 cm³/mol. The monoisotopic (exact) mass is 542 g/mol. The summed E-state index contributed by atoms with van der Waals surface area (Å²) in [4.78, 5) is 13.4. The van der Waals surface area contributed by atoms with E-state index in [-0.39, 0.29) is 0 Å². The molecular formula is C29H24F6N4. The minimum absolute atomic E-state index is 0.662. The minimum atomic E-state index is -4.37. The van der Waals surface area contributed by atoms with E-state index in [9.17, 15) is 26.3 Å². The molecule has 0 bridgehead atoms. The number of pyridine rings is 2. The molecule has 0 aliphatic carbocycles. The van der Waals surface area contributed by atoms with Gasteiger partial charge >= 0.3 is 12.4 Å². The standard InChI is InChI=1S/C29H24F6N4/c30-28(31,32)24-8-2-20(3-9-24)22-6-12-26(36-18-22)38-14-1-15-39(17-16-38)27-13-7-23(19-37-27)21-4-10-25(11-5-21)29(33,34)35/h2-13,18-19H,1,14-17H2. The first kappa shape index (κ1) is 26.5. The van der Waals surface area contributed by atoms with E-state index >= 15 is 0 Å². The Labute approximate surface area is 221 Å². The van der Waals surface area contributed by atoms with E-state index in [0.717, 1.165) is 66.5 Å². The molecule has 1 aliphatic heterocycles. The van der Waals surface area contributed by atoms with Crippen molar-refractivity contribution in [1.82, 2.24) is 9.97 Å². The molecule has 0 atom stereocenters. The molecule has 2 aromatic heterocycles. The highest BCUT2D eigenvalue weighted by molar-refractivity contribution is 5.65. The van der Waals surface area contributed by atoms with Gasteiger partial charge in [-0.15, -0.1) is 0 Å². The lowest BCUT2D eigenvalue weighted by Crippen LogP contribution is -2.31. The Morgan fingerprint density at radius 2 is 0.821 bits per heavy atom. The lowest BCUT2D eigenvalue weighted by molar-refractivity contribution is -0.138. The van der Waals surface area contributed by atoms with Crippen molar-refractivity contribution in [3.63, 3.8) is 0 Å². The first-order valence-electron chi connectivity index (χ1n) is 12.4. The van der Waals surface area contributed by atoms with Gasteiger partial charge < -0.3 is 9.80 Å². The van der Waals surface area contributed by atoms with Crippen molar-refractivity contribution in [2.75, 3.05) is 36.0 Å². The smallest absolute Gasteiger partial charge is 0.355 e. The van der Waals surface area contributed by atoms with Crippen LogP contribution in [-0.2, 0) is 12.4 Å². The van der Waals surface area contributed by atoms with Crippen LogP contribution in [0.4, 0.5) is 38.0 Å². The van der Waals surface area contributed by atoms with E-state index in [2.05, 4.69) is 19.8 Å². The van der Waals surface area contributed by atoms with Crippen LogP contribution in [0.25, 0.3) is 22.3 Å². The van der Waals surface area contributed by atoms with Gasteiger partial charge in [0.25, 0.3) is 0 Å². The highest BCUT2D eigenvalue weighted by atomic mass is 19.4. The lowest BCUT2D eigenvalue weighted by Gasteiger charge is -2.23. The molecule has 202 valence electrons. The zero-order valence-electron chi connectivity index (χ0n) is 20.7. The summed E-state index contributed by atoms with van der Waals surface area (Å²) in [5, 5.41) is 0. The first-order valence-corrected chi connectivity index (χ1v) is 12.4. The molecule has 4 aromatic rings. The zero-order chi connectivity index (χ0) is 27.6. The summed E-state index contributed by atoms with van der Waals surface area (Å²) in [6, 6.07) is 17.5. The third kappa shape index (κ3) is 6.16. The maximum Gasteiger partial charge on any atom is 0.416 e. The van der Waals surface area contributed by atoms with Crippen molar-refractivity contribution in [2.24, 2.45) is 0 Å². The Balaban J connectivity index is 1.21. The second-order valence-corrected chi connectivity index (χ2v) is 9.29. The summed E-state index contributed by atoms with van der Waals surface area (Å²) >= 11 is 0. The second-order valence-electron chi connectivity index (χ2n) is 9.29. The summed E-state index contributed by atoms with van der Waals surface area (Å²) in [5.74, 6) is 1.58. The molecule has 10 heteroatoms. The van der Waals surface area contributed by atoms with Crippen LogP contribution in [0.3, 0.4) is 0 Å². The molecule has 0 amide bonds. The normalized spacial score (nSPS) is 14.8. The van der Waals surface area contributed by atoms with Crippen molar-refractivity contribution in [3.05, 3.63) is 96.3 Å². The number of rotatable bonds is 4. The lowest BCUT2D eigenvalue weighted by atomic mass is 10.1. The van der Waals surface area contributed by atoms with Crippen molar-refractivity contribution >= 4 is 11.6 Å². The van der Waals surface area contributed by atoms with Crippen LogP contribution in [0, 0.1) is 0 Å². The predicted octanol–water partition coefficient (Wildman–Crippen LogP) is 7.56. The number of halogens is 6. The molecule has 3 heterocycles. The Morgan fingerprint density at radius 1 is 0.462 bits per heavy atom. The molecule has 5 rings (SSSR count). The van der Waals surface area contributed by atoms with Crippen molar-refractivity contribution in [2.45, 2.75) is 18.8 Å². The Kier molecular flexibility index (Phi) is 7.20. The van der Waals surface area contributed by atoms with Gasteiger partial charge in [0.1, 0.15) is 11.6 Å². The number of alkyl halides is 6. The molecule has 1 aliphatic rings. The number of anilines is 2. The molecule has 0 radical (unpaired) electrons. The maximum atomic E-state index is 12.8. The van der Waals surface area contributed by atoms with E-state index in [1.165, 1.54) is 24.3 Å².